The molecule has 1 aromatic rings. The number of aliphatic imine (C=N–C) groups is 1. The monoisotopic (exact) mass is 353 g/mol. The summed E-state index contributed by atoms with van der Waals surface area (Å²) in [6.45, 7) is 2.60. The minimum atomic E-state index is -0.877. The molecule has 0 aromatic heterocycles. The molecule has 4 aliphatic carbocycles. The Hall–Kier alpha value is -2.04. The number of carbonyl (C=O) groups is 1. The van der Waals surface area contributed by atoms with Crippen LogP contribution in [0.2, 0.25) is 0 Å². The maximum atomic E-state index is 13.3. The molecule has 4 fully saturated rings. The molecule has 1 aromatic carbocycles. The zero-order chi connectivity index (χ0) is 17.9. The number of nitrogens with zero attached hydrogens (tertiary/aromatic N) is 1. The third kappa shape index (κ3) is 2.09. The van der Waals surface area contributed by atoms with Gasteiger partial charge in [0.05, 0.1) is 6.61 Å². The summed E-state index contributed by atoms with van der Waals surface area (Å²) in [5.41, 5.74) is 6.01. The van der Waals surface area contributed by atoms with Gasteiger partial charge in [-0.05, 0) is 80.9 Å². The van der Waals surface area contributed by atoms with E-state index in [1.807, 2.05) is 31.2 Å². The molecule has 6 rings (SSSR count). The molecule has 4 bridgehead atoms. The van der Waals surface area contributed by atoms with Gasteiger partial charge >= 0.3 is 0 Å². The molecule has 0 saturated heterocycles. The van der Waals surface area contributed by atoms with Crippen molar-refractivity contribution < 1.29 is 9.53 Å². The van der Waals surface area contributed by atoms with Gasteiger partial charge < -0.3 is 10.5 Å². The first-order valence-electron chi connectivity index (χ1n) is 9.95. The van der Waals surface area contributed by atoms with Gasteiger partial charge in [-0.2, -0.15) is 0 Å². The van der Waals surface area contributed by atoms with Crippen LogP contribution in [-0.2, 0) is 10.3 Å². The number of carbonyl (C=O) groups excluding carboxylic acids is 1. The lowest BCUT2D eigenvalue weighted by molar-refractivity contribution is -0.143. The fourth-order valence-corrected chi connectivity index (χ4v) is 6.84. The molecule has 138 valence electrons. The Labute approximate surface area is 154 Å². The van der Waals surface area contributed by atoms with Crippen LogP contribution in [0.3, 0.4) is 0 Å². The molecule has 4 saturated carbocycles. The lowest BCUT2D eigenvalue weighted by atomic mass is 9.43. The molecule has 1 unspecified atom stereocenters. The molecule has 5 aliphatic rings. The van der Waals surface area contributed by atoms with Crippen molar-refractivity contribution in [2.24, 2.45) is 33.9 Å². The summed E-state index contributed by atoms with van der Waals surface area (Å²) in [7, 11) is 0. The third-order valence-corrected chi connectivity index (χ3v) is 7.25. The normalized spacial score (nSPS) is 40.4. The van der Waals surface area contributed by atoms with Crippen LogP contribution in [0, 0.1) is 23.2 Å². The van der Waals surface area contributed by atoms with E-state index >= 15 is 0 Å². The summed E-state index contributed by atoms with van der Waals surface area (Å²) in [6, 6.07) is 7.95. The van der Waals surface area contributed by atoms with Gasteiger partial charge in [-0.25, -0.2) is 4.99 Å². The molecule has 26 heavy (non-hydrogen) atoms. The van der Waals surface area contributed by atoms with Gasteiger partial charge in [0.25, 0.3) is 5.91 Å². The van der Waals surface area contributed by atoms with E-state index in [4.69, 9.17) is 15.5 Å². The topological polar surface area (TPSA) is 76.7 Å². The molecule has 1 aliphatic heterocycles. The first-order chi connectivity index (χ1) is 12.5. The number of rotatable bonds is 4. The summed E-state index contributed by atoms with van der Waals surface area (Å²) in [5.74, 6) is 3.27. The first kappa shape index (κ1) is 16.2. The number of nitrogens with one attached hydrogen (secondary N) is 1. The molecule has 0 radical (unpaired) electrons. The lowest BCUT2D eigenvalue weighted by Gasteiger charge is -2.61. The average Bonchev–Trinajstić information content (AvgIpc) is 2.90. The van der Waals surface area contributed by atoms with E-state index < -0.39 is 5.54 Å². The number of guanidine groups is 1. The largest absolute Gasteiger partial charge is 0.494 e. The van der Waals surface area contributed by atoms with Crippen molar-refractivity contribution >= 4 is 11.9 Å². The zero-order valence-corrected chi connectivity index (χ0v) is 15.3. The standard InChI is InChI=1S/C21H27N3O2/c1-2-26-17-5-3-16(4-6-17)21(18(25)23-19(22)24-21)20-10-13-7-14(11-20)9-15(8-13)12-20/h3-6,13-15H,2,7-12H2,1H3,(H3,22,23,24,25). The van der Waals surface area contributed by atoms with Crippen LogP contribution >= 0.6 is 0 Å². The molecule has 5 nitrogen and oxygen atoms in total. The van der Waals surface area contributed by atoms with Gasteiger partial charge in [0.1, 0.15) is 5.75 Å². The van der Waals surface area contributed by atoms with Crippen LogP contribution in [0.15, 0.2) is 29.3 Å². The first-order valence-corrected chi connectivity index (χ1v) is 9.95. The van der Waals surface area contributed by atoms with Gasteiger partial charge in [-0.3, -0.25) is 10.1 Å². The van der Waals surface area contributed by atoms with Gasteiger partial charge in [-0.1, -0.05) is 12.1 Å². The van der Waals surface area contributed by atoms with Crippen molar-refractivity contribution in [3.05, 3.63) is 29.8 Å². The minimum absolute atomic E-state index is 0.0406. The summed E-state index contributed by atoms with van der Waals surface area (Å²) >= 11 is 0. The lowest BCUT2D eigenvalue weighted by Crippen LogP contribution is -2.59. The van der Waals surface area contributed by atoms with E-state index in [9.17, 15) is 4.79 Å². The Balaban J connectivity index is 1.63. The molecular weight excluding hydrogens is 326 g/mol. The highest BCUT2D eigenvalue weighted by Gasteiger charge is 2.66. The van der Waals surface area contributed by atoms with Crippen LogP contribution in [0.4, 0.5) is 0 Å². The van der Waals surface area contributed by atoms with E-state index in [1.165, 1.54) is 19.3 Å². The van der Waals surface area contributed by atoms with Gasteiger partial charge in [0.2, 0.25) is 0 Å². The molecule has 5 heteroatoms. The van der Waals surface area contributed by atoms with Crippen LogP contribution < -0.4 is 15.8 Å². The number of amides is 1. The maximum Gasteiger partial charge on any atom is 0.259 e. The second-order valence-electron chi connectivity index (χ2n) is 8.82. The smallest absolute Gasteiger partial charge is 0.259 e. The highest BCUT2D eigenvalue weighted by molar-refractivity contribution is 6.07. The van der Waals surface area contributed by atoms with Crippen LogP contribution in [0.5, 0.6) is 5.75 Å². The van der Waals surface area contributed by atoms with E-state index in [1.54, 1.807) is 0 Å². The van der Waals surface area contributed by atoms with Crippen LogP contribution in [-0.4, -0.2) is 18.5 Å². The quantitative estimate of drug-likeness (QED) is 0.874. The average molecular weight is 353 g/mol. The van der Waals surface area contributed by atoms with Crippen LogP contribution in [0.1, 0.15) is 51.0 Å². The van der Waals surface area contributed by atoms with Crippen molar-refractivity contribution in [2.75, 3.05) is 6.61 Å². The Morgan fingerprint density at radius 3 is 2.15 bits per heavy atom. The summed E-state index contributed by atoms with van der Waals surface area (Å²) in [4.78, 5) is 18.1. The van der Waals surface area contributed by atoms with Crippen LogP contribution in [0.25, 0.3) is 0 Å². The minimum Gasteiger partial charge on any atom is -0.494 e. The van der Waals surface area contributed by atoms with E-state index in [2.05, 4.69) is 5.32 Å². The zero-order valence-electron chi connectivity index (χ0n) is 15.3. The van der Waals surface area contributed by atoms with Gasteiger partial charge in [0.15, 0.2) is 11.5 Å². The Kier molecular flexibility index (Phi) is 3.40. The third-order valence-electron chi connectivity index (χ3n) is 7.25. The van der Waals surface area contributed by atoms with Gasteiger partial charge in [0, 0.05) is 5.41 Å². The molecule has 1 atom stereocenters. The molecular formula is C21H27N3O2. The fourth-order valence-electron chi connectivity index (χ4n) is 6.84. The molecule has 3 N–H and O–H groups in total. The highest BCUT2D eigenvalue weighted by atomic mass is 16.5. The number of ether oxygens (including phenoxy) is 1. The summed E-state index contributed by atoms with van der Waals surface area (Å²) in [5, 5.41) is 2.83. The second kappa shape index (κ2) is 5.48. The Bertz CT molecular complexity index is 735. The van der Waals surface area contributed by atoms with Crippen molar-refractivity contribution in [2.45, 2.75) is 51.0 Å². The Morgan fingerprint density at radius 1 is 1.12 bits per heavy atom. The number of benzene rings is 1. The summed E-state index contributed by atoms with van der Waals surface area (Å²) < 4.78 is 5.59. The number of hydrogen-bond donors (Lipinski definition) is 2. The van der Waals surface area contributed by atoms with Gasteiger partial charge in [-0.15, -0.1) is 0 Å². The van der Waals surface area contributed by atoms with Crippen molar-refractivity contribution in [3.63, 3.8) is 0 Å². The van der Waals surface area contributed by atoms with Crippen molar-refractivity contribution in [1.82, 2.24) is 5.32 Å². The number of nitrogens with two attached hydrogens (primary N) is 1. The Morgan fingerprint density at radius 2 is 1.69 bits per heavy atom. The predicted octanol–water partition coefficient (Wildman–Crippen LogP) is 2.94. The fraction of sp³-hybridized carbons (Fsp3) is 0.619. The highest BCUT2D eigenvalue weighted by Crippen LogP contribution is 2.67. The molecule has 1 heterocycles. The second-order valence-corrected chi connectivity index (χ2v) is 8.82. The van der Waals surface area contributed by atoms with Crippen molar-refractivity contribution in [3.8, 4) is 5.75 Å². The van der Waals surface area contributed by atoms with E-state index in [-0.39, 0.29) is 17.3 Å². The number of hydrogen-bond acceptors (Lipinski definition) is 4. The maximum absolute atomic E-state index is 13.3. The predicted molar refractivity (Wildman–Crippen MR) is 99.7 cm³/mol. The molecule has 1 amide bonds. The molecule has 0 spiro atoms. The van der Waals surface area contributed by atoms with E-state index in [0.717, 1.165) is 48.3 Å². The summed E-state index contributed by atoms with van der Waals surface area (Å²) in [6.07, 6.45) is 7.28. The van der Waals surface area contributed by atoms with E-state index in [0.29, 0.717) is 6.61 Å². The van der Waals surface area contributed by atoms with Crippen molar-refractivity contribution in [1.29, 1.82) is 0 Å². The SMILES string of the molecule is CCOc1ccc(C2(C34CC5CC(CC(C5)C3)C4)N=C(N)NC2=O)cc1.